The van der Waals surface area contributed by atoms with Gasteiger partial charge in [-0.15, -0.1) is 0 Å². The van der Waals surface area contributed by atoms with Crippen LogP contribution in [0.25, 0.3) is 0 Å². The molecular weight excluding hydrogens is 385 g/mol. The first-order chi connectivity index (χ1) is 12.2. The Hall–Kier alpha value is -2.29. The quantitative estimate of drug-likeness (QED) is 0.571. The minimum atomic E-state index is -3.96. The lowest BCUT2D eigenvalue weighted by Gasteiger charge is -2.09. The number of hydrogen-bond donors (Lipinski definition) is 1. The maximum absolute atomic E-state index is 13.6. The Balaban J connectivity index is 1.94. The fourth-order valence-electron chi connectivity index (χ4n) is 1.98. The summed E-state index contributed by atoms with van der Waals surface area (Å²) < 4.78 is 44.7. The lowest BCUT2D eigenvalue weighted by atomic mass is 10.2. The number of carbonyl (C=O) groups is 2. The highest BCUT2D eigenvalue weighted by molar-refractivity contribution is 7.89. The summed E-state index contributed by atoms with van der Waals surface area (Å²) in [7, 11) is -3.96. The monoisotopic (exact) mass is 399 g/mol. The van der Waals surface area contributed by atoms with Gasteiger partial charge in [-0.2, -0.15) is 4.72 Å². The highest BCUT2D eigenvalue weighted by atomic mass is 35.5. The molecule has 0 atom stereocenters. The zero-order chi connectivity index (χ0) is 19.3. The van der Waals surface area contributed by atoms with Gasteiger partial charge in [-0.3, -0.25) is 9.59 Å². The Labute approximate surface area is 155 Å². The van der Waals surface area contributed by atoms with Gasteiger partial charge in [0.05, 0.1) is 9.92 Å². The van der Waals surface area contributed by atoms with Crippen LogP contribution in [0.3, 0.4) is 0 Å². The van der Waals surface area contributed by atoms with Crippen molar-refractivity contribution >= 4 is 33.4 Å². The number of esters is 1. The van der Waals surface area contributed by atoms with Gasteiger partial charge in [-0.1, -0.05) is 29.8 Å². The third-order valence-corrected chi connectivity index (χ3v) is 5.19. The van der Waals surface area contributed by atoms with Gasteiger partial charge in [-0.05, 0) is 31.2 Å². The van der Waals surface area contributed by atoms with Gasteiger partial charge in [0.1, 0.15) is 19.0 Å². The molecule has 9 heteroatoms. The summed E-state index contributed by atoms with van der Waals surface area (Å²) in [4.78, 5) is 22.8. The van der Waals surface area contributed by atoms with Crippen LogP contribution in [0.4, 0.5) is 4.39 Å². The molecule has 2 aromatic rings. The average Bonchev–Trinajstić information content (AvgIpc) is 2.59. The zero-order valence-corrected chi connectivity index (χ0v) is 15.2. The normalized spacial score (nSPS) is 11.2. The van der Waals surface area contributed by atoms with Crippen LogP contribution in [0.1, 0.15) is 22.8 Å². The maximum Gasteiger partial charge on any atom is 0.321 e. The summed E-state index contributed by atoms with van der Waals surface area (Å²) in [5, 5.41) is 0.101. The van der Waals surface area contributed by atoms with Gasteiger partial charge in [0.25, 0.3) is 0 Å². The van der Waals surface area contributed by atoms with E-state index in [2.05, 4.69) is 4.72 Å². The van der Waals surface area contributed by atoms with Crippen molar-refractivity contribution in [3.63, 3.8) is 0 Å². The van der Waals surface area contributed by atoms with Gasteiger partial charge in [-0.25, -0.2) is 12.8 Å². The zero-order valence-electron chi connectivity index (χ0n) is 13.7. The Kier molecular flexibility index (Phi) is 6.47. The van der Waals surface area contributed by atoms with E-state index in [0.29, 0.717) is 5.56 Å². The molecule has 0 aliphatic heterocycles. The number of ketones is 1. The van der Waals surface area contributed by atoms with Crippen LogP contribution in [0, 0.1) is 5.82 Å². The number of ether oxygens (including phenoxy) is 1. The maximum atomic E-state index is 13.6. The smallest absolute Gasteiger partial charge is 0.321 e. The molecule has 0 amide bonds. The molecule has 0 heterocycles. The average molecular weight is 400 g/mol. The van der Waals surface area contributed by atoms with Gasteiger partial charge < -0.3 is 4.74 Å². The number of rotatable bonds is 7. The first-order valence-electron chi connectivity index (χ1n) is 7.40. The summed E-state index contributed by atoms with van der Waals surface area (Å²) >= 11 is 5.81. The lowest BCUT2D eigenvalue weighted by molar-refractivity contribution is -0.143. The van der Waals surface area contributed by atoms with Crippen LogP contribution in [-0.4, -0.2) is 26.7 Å². The van der Waals surface area contributed by atoms with Crippen molar-refractivity contribution in [3.8, 4) is 0 Å². The van der Waals surface area contributed by atoms with E-state index in [9.17, 15) is 22.4 Å². The fraction of sp³-hybridized carbons (Fsp3) is 0.176. The number of nitrogens with one attached hydrogen (secondary N) is 1. The van der Waals surface area contributed by atoms with E-state index in [1.54, 1.807) is 0 Å². The molecule has 0 aromatic heterocycles. The van der Waals surface area contributed by atoms with E-state index in [4.69, 9.17) is 16.3 Å². The summed E-state index contributed by atoms with van der Waals surface area (Å²) in [5.41, 5.74) is 0.371. The number of Topliss-reactive ketones (excluding diaryl/α,β-unsaturated/α-hetero) is 1. The Bertz CT molecular complexity index is 908. The largest absolute Gasteiger partial charge is 0.460 e. The predicted molar refractivity (Wildman–Crippen MR) is 92.8 cm³/mol. The van der Waals surface area contributed by atoms with E-state index >= 15 is 0 Å². The summed E-state index contributed by atoms with van der Waals surface area (Å²) in [6, 6.07) is 9.27. The molecule has 2 rings (SSSR count). The first-order valence-corrected chi connectivity index (χ1v) is 9.26. The van der Waals surface area contributed by atoms with Crippen LogP contribution in [0.15, 0.2) is 47.4 Å². The SMILES string of the molecule is CC(=O)c1ccc(S(=O)(=O)NCC(=O)OCc2c(F)cccc2Cl)cc1. The topological polar surface area (TPSA) is 89.5 Å². The molecule has 0 saturated carbocycles. The molecule has 0 spiro atoms. The number of benzene rings is 2. The second-order valence-electron chi connectivity index (χ2n) is 5.27. The van der Waals surface area contributed by atoms with Crippen molar-refractivity contribution < 1.29 is 27.1 Å². The van der Waals surface area contributed by atoms with Gasteiger partial charge in [0.2, 0.25) is 10.0 Å². The van der Waals surface area contributed by atoms with Gasteiger partial charge in [0, 0.05) is 11.1 Å². The van der Waals surface area contributed by atoms with E-state index in [0.717, 1.165) is 0 Å². The van der Waals surface area contributed by atoms with Crippen molar-refractivity contribution in [2.24, 2.45) is 0 Å². The highest BCUT2D eigenvalue weighted by Crippen LogP contribution is 2.19. The minimum absolute atomic E-state index is 0.00481. The Morgan fingerprint density at radius 3 is 2.38 bits per heavy atom. The molecule has 26 heavy (non-hydrogen) atoms. The summed E-state index contributed by atoms with van der Waals surface area (Å²) in [6.07, 6.45) is 0. The third kappa shape index (κ3) is 5.10. The van der Waals surface area contributed by atoms with Crippen molar-refractivity contribution in [1.29, 1.82) is 0 Å². The third-order valence-electron chi connectivity index (χ3n) is 3.42. The number of sulfonamides is 1. The van der Waals surface area contributed by atoms with Crippen molar-refractivity contribution in [3.05, 3.63) is 64.4 Å². The lowest BCUT2D eigenvalue weighted by Crippen LogP contribution is -2.30. The second kappa shape index (κ2) is 8.39. The van der Waals surface area contributed by atoms with Gasteiger partial charge in [0.15, 0.2) is 5.78 Å². The molecule has 6 nitrogen and oxygen atoms in total. The molecule has 0 unspecified atom stereocenters. The number of hydrogen-bond acceptors (Lipinski definition) is 5. The molecule has 1 N–H and O–H groups in total. The van der Waals surface area contributed by atoms with Crippen LogP contribution in [0.5, 0.6) is 0 Å². The van der Waals surface area contributed by atoms with Crippen LogP contribution in [-0.2, 0) is 26.2 Å². The van der Waals surface area contributed by atoms with Crippen LogP contribution in [0.2, 0.25) is 5.02 Å². The molecule has 0 saturated heterocycles. The molecule has 2 aromatic carbocycles. The summed E-state index contributed by atoms with van der Waals surface area (Å²) in [6.45, 7) is 0.307. The van der Waals surface area contributed by atoms with Crippen LogP contribution < -0.4 is 4.72 Å². The van der Waals surface area contributed by atoms with Crippen molar-refractivity contribution in [2.75, 3.05) is 6.54 Å². The molecule has 0 aliphatic rings. The standard InChI is InChI=1S/C17H15ClFNO5S/c1-11(21)12-5-7-13(8-6-12)26(23,24)20-9-17(22)25-10-14-15(18)3-2-4-16(14)19/h2-8,20H,9-10H2,1H3. The molecule has 138 valence electrons. The minimum Gasteiger partial charge on any atom is -0.460 e. The van der Waals surface area contributed by atoms with Gasteiger partial charge >= 0.3 is 5.97 Å². The molecule has 0 fully saturated rings. The molecule has 0 aliphatic carbocycles. The fourth-order valence-corrected chi connectivity index (χ4v) is 3.17. The molecule has 0 radical (unpaired) electrons. The Morgan fingerprint density at radius 1 is 1.15 bits per heavy atom. The van der Waals surface area contributed by atoms with Crippen LogP contribution >= 0.6 is 11.6 Å². The molecular formula is C17H15ClFNO5S. The summed E-state index contributed by atoms with van der Waals surface area (Å²) in [5.74, 6) is -1.72. The van der Waals surface area contributed by atoms with E-state index in [-0.39, 0.29) is 21.3 Å². The second-order valence-corrected chi connectivity index (χ2v) is 7.44. The number of halogens is 2. The van der Waals surface area contributed by atoms with E-state index < -0.39 is 35.0 Å². The first kappa shape index (κ1) is 20.0. The highest BCUT2D eigenvalue weighted by Gasteiger charge is 2.17. The predicted octanol–water partition coefficient (Wildman–Crippen LogP) is 2.70. The van der Waals surface area contributed by atoms with E-state index in [1.165, 1.54) is 49.4 Å². The van der Waals surface area contributed by atoms with Crippen molar-refractivity contribution in [1.82, 2.24) is 4.72 Å². The van der Waals surface area contributed by atoms with E-state index in [1.807, 2.05) is 0 Å². The van der Waals surface area contributed by atoms with Crippen molar-refractivity contribution in [2.45, 2.75) is 18.4 Å². The number of carbonyl (C=O) groups excluding carboxylic acids is 2. The Morgan fingerprint density at radius 2 is 1.81 bits per heavy atom. The molecule has 0 bridgehead atoms.